The number of allylic oxidation sites excluding steroid dienone is 4. The van der Waals surface area contributed by atoms with Gasteiger partial charge in [-0.25, -0.2) is 4.98 Å². The Morgan fingerprint density at radius 2 is 1.81 bits per heavy atom. The predicted octanol–water partition coefficient (Wildman–Crippen LogP) is 6.03. The molecule has 0 fully saturated rings. The lowest BCUT2D eigenvalue weighted by atomic mass is 9.88. The van der Waals surface area contributed by atoms with Crippen molar-refractivity contribution >= 4 is 22.9 Å². The lowest BCUT2D eigenvalue weighted by Gasteiger charge is -2.23. The Kier molecular flexibility index (Phi) is 6.10. The van der Waals surface area contributed by atoms with Gasteiger partial charge in [0.2, 0.25) is 0 Å². The van der Waals surface area contributed by atoms with E-state index in [9.17, 15) is 4.79 Å². The van der Waals surface area contributed by atoms with Crippen LogP contribution in [-0.4, -0.2) is 32.8 Å². The van der Waals surface area contributed by atoms with E-state index in [-0.39, 0.29) is 5.91 Å². The standard InChI is InChI=1S/C30H27N5O2/c1-37-23-14-12-21(13-15-23)27-24(33-26-19-31-16-17-32-26)18-25-28(20-8-4-2-5-9-20)29(34-35(25)30(27)36)22-10-6-3-7-11-22/h3,6-8,10-17,19H,2,4-5,9,18H2,1H3,(H,32,33). The summed E-state index contributed by atoms with van der Waals surface area (Å²) in [6, 6.07) is 17.7. The second kappa shape index (κ2) is 9.85. The molecule has 1 N–H and O–H groups in total. The van der Waals surface area contributed by atoms with E-state index < -0.39 is 0 Å². The number of anilines is 1. The summed E-state index contributed by atoms with van der Waals surface area (Å²) in [7, 11) is 1.63. The first-order valence-electron chi connectivity index (χ1n) is 12.5. The maximum Gasteiger partial charge on any atom is 0.280 e. The normalized spacial score (nSPS) is 15.3. The molecule has 0 saturated heterocycles. The van der Waals surface area contributed by atoms with Crippen LogP contribution >= 0.6 is 0 Å². The van der Waals surface area contributed by atoms with Gasteiger partial charge in [-0.3, -0.25) is 9.78 Å². The van der Waals surface area contributed by atoms with Gasteiger partial charge in [-0.15, -0.1) is 0 Å². The van der Waals surface area contributed by atoms with Crippen molar-refractivity contribution in [1.82, 2.24) is 19.7 Å². The summed E-state index contributed by atoms with van der Waals surface area (Å²) >= 11 is 0. The van der Waals surface area contributed by atoms with Gasteiger partial charge >= 0.3 is 0 Å². The van der Waals surface area contributed by atoms with Gasteiger partial charge in [0.15, 0.2) is 0 Å². The van der Waals surface area contributed by atoms with E-state index in [0.717, 1.165) is 58.8 Å². The molecule has 6 rings (SSSR count). The molecular formula is C30H27N5O2. The highest BCUT2D eigenvalue weighted by Crippen LogP contribution is 2.40. The van der Waals surface area contributed by atoms with E-state index in [1.165, 1.54) is 12.0 Å². The van der Waals surface area contributed by atoms with Gasteiger partial charge in [-0.05, 0) is 49.0 Å². The number of hydrogen-bond acceptors (Lipinski definition) is 6. The number of ether oxygens (including phenoxy) is 1. The highest BCUT2D eigenvalue weighted by molar-refractivity contribution is 6.23. The van der Waals surface area contributed by atoms with Gasteiger partial charge in [0, 0.05) is 35.6 Å². The van der Waals surface area contributed by atoms with E-state index in [0.29, 0.717) is 17.8 Å². The molecule has 7 nitrogen and oxygen atoms in total. The summed E-state index contributed by atoms with van der Waals surface area (Å²) in [6.45, 7) is 0. The Hall–Kier alpha value is -4.52. The topological polar surface area (TPSA) is 81.9 Å². The fourth-order valence-electron chi connectivity index (χ4n) is 5.16. The summed E-state index contributed by atoms with van der Waals surface area (Å²) in [4.78, 5) is 22.8. The highest BCUT2D eigenvalue weighted by Gasteiger charge is 2.33. The van der Waals surface area contributed by atoms with Crippen LogP contribution in [0.3, 0.4) is 0 Å². The molecule has 2 aromatic heterocycles. The minimum atomic E-state index is -0.169. The average molecular weight is 490 g/mol. The van der Waals surface area contributed by atoms with Crippen LogP contribution in [0.1, 0.15) is 47.3 Å². The van der Waals surface area contributed by atoms with Crippen molar-refractivity contribution in [1.29, 1.82) is 0 Å². The Morgan fingerprint density at radius 3 is 2.51 bits per heavy atom. The van der Waals surface area contributed by atoms with Crippen LogP contribution < -0.4 is 10.1 Å². The number of benzene rings is 2. The lowest BCUT2D eigenvalue weighted by molar-refractivity contribution is 0.0958. The number of nitrogens with zero attached hydrogens (tertiary/aromatic N) is 4. The molecule has 2 aliphatic rings. The first-order valence-corrected chi connectivity index (χ1v) is 12.5. The van der Waals surface area contributed by atoms with Crippen molar-refractivity contribution in [3.63, 3.8) is 0 Å². The molecule has 2 aromatic carbocycles. The second-order valence-corrected chi connectivity index (χ2v) is 9.20. The average Bonchev–Trinajstić information content (AvgIpc) is 3.35. The zero-order chi connectivity index (χ0) is 25.2. The summed E-state index contributed by atoms with van der Waals surface area (Å²) in [5, 5.41) is 8.34. The third-order valence-corrected chi connectivity index (χ3v) is 6.91. The molecule has 0 saturated carbocycles. The van der Waals surface area contributed by atoms with Crippen molar-refractivity contribution < 1.29 is 9.53 Å². The fourth-order valence-corrected chi connectivity index (χ4v) is 5.16. The molecule has 0 radical (unpaired) electrons. The Balaban J connectivity index is 1.53. The Bertz CT molecular complexity index is 1500. The van der Waals surface area contributed by atoms with Gasteiger partial charge < -0.3 is 10.1 Å². The van der Waals surface area contributed by atoms with Crippen LogP contribution in [0.15, 0.2) is 85.0 Å². The molecule has 0 bridgehead atoms. The minimum absolute atomic E-state index is 0.169. The molecule has 1 aliphatic heterocycles. The predicted molar refractivity (Wildman–Crippen MR) is 144 cm³/mol. The first-order chi connectivity index (χ1) is 18.2. The Labute approximate surface area is 215 Å². The van der Waals surface area contributed by atoms with E-state index in [4.69, 9.17) is 9.84 Å². The van der Waals surface area contributed by atoms with E-state index in [2.05, 4.69) is 33.5 Å². The lowest BCUT2D eigenvalue weighted by Crippen LogP contribution is -2.27. The third-order valence-electron chi connectivity index (χ3n) is 6.91. The largest absolute Gasteiger partial charge is 0.497 e. The molecule has 0 spiro atoms. The SMILES string of the molecule is COc1ccc(C2=C(Nc3cnccn3)Cc3c(C4=CCCCC4)c(-c4ccccc4)nn3C2=O)cc1. The Morgan fingerprint density at radius 1 is 0.973 bits per heavy atom. The number of carbonyl (C=O) groups is 1. The van der Waals surface area contributed by atoms with E-state index in [1.54, 1.807) is 30.4 Å². The van der Waals surface area contributed by atoms with Gasteiger partial charge in [0.1, 0.15) is 17.3 Å². The molecular weight excluding hydrogens is 462 g/mol. The summed E-state index contributed by atoms with van der Waals surface area (Å²) in [5.41, 5.74) is 7.24. The van der Waals surface area contributed by atoms with Gasteiger partial charge in [-0.1, -0.05) is 48.5 Å². The van der Waals surface area contributed by atoms with Gasteiger partial charge in [-0.2, -0.15) is 9.78 Å². The van der Waals surface area contributed by atoms with E-state index in [1.807, 2.05) is 42.5 Å². The van der Waals surface area contributed by atoms with Crippen molar-refractivity contribution in [2.45, 2.75) is 32.1 Å². The molecule has 4 aromatic rings. The summed E-state index contributed by atoms with van der Waals surface area (Å²) in [5.74, 6) is 1.15. The second-order valence-electron chi connectivity index (χ2n) is 9.20. The number of hydrogen-bond donors (Lipinski definition) is 1. The van der Waals surface area contributed by atoms with Gasteiger partial charge in [0.25, 0.3) is 5.91 Å². The van der Waals surface area contributed by atoms with Gasteiger partial charge in [0.05, 0.1) is 24.6 Å². The van der Waals surface area contributed by atoms with Crippen LogP contribution in [-0.2, 0) is 6.42 Å². The van der Waals surface area contributed by atoms with Crippen LogP contribution in [0.2, 0.25) is 0 Å². The number of carbonyl (C=O) groups excluding carboxylic acids is 1. The zero-order valence-electron chi connectivity index (χ0n) is 20.6. The van der Waals surface area contributed by atoms with Crippen LogP contribution in [0.25, 0.3) is 22.4 Å². The molecule has 37 heavy (non-hydrogen) atoms. The summed E-state index contributed by atoms with van der Waals surface area (Å²) in [6.07, 6.45) is 12.1. The third kappa shape index (κ3) is 4.33. The quantitative estimate of drug-likeness (QED) is 0.356. The monoisotopic (exact) mass is 489 g/mol. The molecule has 7 heteroatoms. The molecule has 184 valence electrons. The zero-order valence-corrected chi connectivity index (χ0v) is 20.6. The molecule has 0 amide bonds. The van der Waals surface area contributed by atoms with Crippen LogP contribution in [0, 0.1) is 0 Å². The number of rotatable bonds is 6. The van der Waals surface area contributed by atoms with Crippen LogP contribution in [0.5, 0.6) is 5.75 Å². The molecule has 1 aliphatic carbocycles. The molecule has 3 heterocycles. The molecule has 0 atom stereocenters. The number of methoxy groups -OCH3 is 1. The number of nitrogens with one attached hydrogen (secondary N) is 1. The fraction of sp³-hybridized carbons (Fsp3) is 0.200. The smallest absolute Gasteiger partial charge is 0.280 e. The van der Waals surface area contributed by atoms with Crippen molar-refractivity contribution in [3.8, 4) is 17.0 Å². The summed E-state index contributed by atoms with van der Waals surface area (Å²) < 4.78 is 6.94. The number of aromatic nitrogens is 4. The first kappa shape index (κ1) is 22.9. The van der Waals surface area contributed by atoms with E-state index >= 15 is 0 Å². The van der Waals surface area contributed by atoms with Crippen molar-refractivity contribution in [2.24, 2.45) is 0 Å². The van der Waals surface area contributed by atoms with Crippen molar-refractivity contribution in [2.75, 3.05) is 12.4 Å². The maximum atomic E-state index is 14.2. The van der Waals surface area contributed by atoms with Crippen LogP contribution in [0.4, 0.5) is 5.82 Å². The number of fused-ring (bicyclic) bond motifs is 1. The van der Waals surface area contributed by atoms with Crippen molar-refractivity contribution in [3.05, 3.63) is 102 Å². The minimum Gasteiger partial charge on any atom is -0.497 e. The maximum absolute atomic E-state index is 14.2. The highest BCUT2D eigenvalue weighted by atomic mass is 16.5. The molecule has 0 unspecified atom stereocenters.